The molecular formula is C14H19N3O3S. The zero-order valence-electron chi connectivity index (χ0n) is 12.0. The lowest BCUT2D eigenvalue weighted by Crippen LogP contribution is -2.50. The van der Waals surface area contributed by atoms with Crippen LogP contribution in [0.25, 0.3) is 0 Å². The minimum Gasteiger partial charge on any atom is -0.340 e. The van der Waals surface area contributed by atoms with Gasteiger partial charge in [0, 0.05) is 32.6 Å². The number of hydrogen-bond acceptors (Lipinski definition) is 4. The van der Waals surface area contributed by atoms with Gasteiger partial charge in [-0.1, -0.05) is 13.0 Å². The van der Waals surface area contributed by atoms with Gasteiger partial charge in [0.05, 0.1) is 10.6 Å². The third kappa shape index (κ3) is 3.30. The number of benzene rings is 1. The van der Waals surface area contributed by atoms with Crippen molar-refractivity contribution in [3.8, 4) is 0 Å². The van der Waals surface area contributed by atoms with E-state index in [1.54, 1.807) is 30.0 Å². The number of piperazine rings is 1. The second-order valence-corrected chi connectivity index (χ2v) is 6.73. The molecule has 21 heavy (non-hydrogen) atoms. The summed E-state index contributed by atoms with van der Waals surface area (Å²) in [5.74, 6) is 0.0601. The Hall–Kier alpha value is -1.73. The maximum atomic E-state index is 12.6. The minimum atomic E-state index is -3.54. The van der Waals surface area contributed by atoms with Crippen LogP contribution in [0.1, 0.15) is 13.3 Å². The highest BCUT2D eigenvalue weighted by Gasteiger charge is 2.29. The standard InChI is InChI=1S/C14H19N3O3S/c1-3-14(18)16-7-9-17(10-8-16)21(19,20)13-6-4-5-12(11-13)15-2/h4-6,11H,2-3,7-10H2,1H3. The molecular weight excluding hydrogens is 290 g/mol. The fourth-order valence-corrected chi connectivity index (χ4v) is 3.76. The number of sulfonamides is 1. The van der Waals surface area contributed by atoms with E-state index >= 15 is 0 Å². The predicted molar refractivity (Wildman–Crippen MR) is 81.3 cm³/mol. The van der Waals surface area contributed by atoms with E-state index in [0.717, 1.165) is 0 Å². The van der Waals surface area contributed by atoms with Crippen LogP contribution in [0.5, 0.6) is 0 Å². The van der Waals surface area contributed by atoms with Crippen molar-refractivity contribution >= 4 is 28.3 Å². The molecule has 1 aliphatic rings. The number of rotatable bonds is 4. The Morgan fingerprint density at radius 1 is 1.29 bits per heavy atom. The van der Waals surface area contributed by atoms with Gasteiger partial charge in [-0.05, 0) is 24.9 Å². The third-order valence-electron chi connectivity index (χ3n) is 3.53. The second kappa shape index (κ2) is 6.36. The lowest BCUT2D eigenvalue weighted by molar-refractivity contribution is -0.132. The van der Waals surface area contributed by atoms with Crippen LogP contribution < -0.4 is 0 Å². The first kappa shape index (κ1) is 15.7. The smallest absolute Gasteiger partial charge is 0.243 e. The molecule has 0 aromatic heterocycles. The van der Waals surface area contributed by atoms with E-state index in [1.165, 1.54) is 10.4 Å². The van der Waals surface area contributed by atoms with Crippen molar-refractivity contribution in [3.63, 3.8) is 0 Å². The lowest BCUT2D eigenvalue weighted by atomic mass is 10.3. The highest BCUT2D eigenvalue weighted by Crippen LogP contribution is 2.22. The Balaban J connectivity index is 2.14. The van der Waals surface area contributed by atoms with Gasteiger partial charge in [0.1, 0.15) is 0 Å². The van der Waals surface area contributed by atoms with Crippen molar-refractivity contribution in [2.75, 3.05) is 26.2 Å². The molecule has 1 aromatic rings. The average molecular weight is 309 g/mol. The quantitative estimate of drug-likeness (QED) is 0.786. The molecule has 1 aromatic carbocycles. The van der Waals surface area contributed by atoms with E-state index in [4.69, 9.17) is 0 Å². The summed E-state index contributed by atoms with van der Waals surface area (Å²) in [6.07, 6.45) is 0.444. The molecule has 0 atom stereocenters. The molecule has 0 unspecified atom stereocenters. The van der Waals surface area contributed by atoms with Crippen molar-refractivity contribution in [2.24, 2.45) is 4.99 Å². The van der Waals surface area contributed by atoms with Gasteiger partial charge in [-0.3, -0.25) is 9.79 Å². The Kier molecular flexibility index (Phi) is 4.74. The largest absolute Gasteiger partial charge is 0.340 e. The molecule has 1 aliphatic heterocycles. The summed E-state index contributed by atoms with van der Waals surface area (Å²) in [6.45, 7) is 6.72. The van der Waals surface area contributed by atoms with Crippen LogP contribution in [0.15, 0.2) is 34.2 Å². The normalized spacial score (nSPS) is 16.7. The van der Waals surface area contributed by atoms with Crippen LogP contribution in [0.3, 0.4) is 0 Å². The third-order valence-corrected chi connectivity index (χ3v) is 5.43. The molecule has 6 nitrogen and oxygen atoms in total. The SMILES string of the molecule is C=Nc1cccc(S(=O)(=O)N2CCN(C(=O)CC)CC2)c1. The highest BCUT2D eigenvalue weighted by atomic mass is 32.2. The van der Waals surface area contributed by atoms with Gasteiger partial charge in [-0.25, -0.2) is 8.42 Å². The summed E-state index contributed by atoms with van der Waals surface area (Å²) in [5, 5.41) is 0. The molecule has 1 fully saturated rings. The Labute approximate surface area is 125 Å². The van der Waals surface area contributed by atoms with Gasteiger partial charge in [0.15, 0.2) is 0 Å². The van der Waals surface area contributed by atoms with Crippen LogP contribution in [0.2, 0.25) is 0 Å². The molecule has 2 rings (SSSR count). The summed E-state index contributed by atoms with van der Waals surface area (Å²) in [7, 11) is -3.54. The predicted octanol–water partition coefficient (Wildman–Crippen LogP) is 1.26. The van der Waals surface area contributed by atoms with Crippen LogP contribution in [0, 0.1) is 0 Å². The number of carbonyl (C=O) groups excluding carboxylic acids is 1. The first-order chi connectivity index (χ1) is 9.98. The van der Waals surface area contributed by atoms with Crippen LogP contribution in [-0.4, -0.2) is 56.4 Å². The average Bonchev–Trinajstić information content (AvgIpc) is 2.54. The van der Waals surface area contributed by atoms with Crippen LogP contribution >= 0.6 is 0 Å². The van der Waals surface area contributed by atoms with Crippen molar-refractivity contribution in [3.05, 3.63) is 24.3 Å². The van der Waals surface area contributed by atoms with E-state index in [9.17, 15) is 13.2 Å². The molecule has 1 saturated heterocycles. The second-order valence-electron chi connectivity index (χ2n) is 4.79. The topological polar surface area (TPSA) is 70.1 Å². The van der Waals surface area contributed by atoms with Gasteiger partial charge >= 0.3 is 0 Å². The number of amides is 1. The number of carbonyl (C=O) groups is 1. The summed E-state index contributed by atoms with van der Waals surface area (Å²) in [5.41, 5.74) is 0.524. The van der Waals surface area contributed by atoms with Crippen molar-refractivity contribution in [2.45, 2.75) is 18.2 Å². The van der Waals surface area contributed by atoms with Crippen molar-refractivity contribution in [1.82, 2.24) is 9.21 Å². The number of aliphatic imine (C=N–C) groups is 1. The van der Waals surface area contributed by atoms with E-state index in [2.05, 4.69) is 11.7 Å². The van der Waals surface area contributed by atoms with Gasteiger partial charge < -0.3 is 4.90 Å². The maximum absolute atomic E-state index is 12.6. The Bertz CT molecular complexity index is 635. The molecule has 0 bridgehead atoms. The summed E-state index contributed by atoms with van der Waals surface area (Å²) >= 11 is 0. The fourth-order valence-electron chi connectivity index (χ4n) is 2.29. The monoisotopic (exact) mass is 309 g/mol. The molecule has 7 heteroatoms. The Morgan fingerprint density at radius 2 is 1.95 bits per heavy atom. The Morgan fingerprint density at radius 3 is 2.52 bits per heavy atom. The molecule has 0 N–H and O–H groups in total. The van der Waals surface area contributed by atoms with Gasteiger partial charge in [-0.15, -0.1) is 0 Å². The minimum absolute atomic E-state index is 0.0601. The summed E-state index contributed by atoms with van der Waals surface area (Å²) in [6, 6.07) is 6.40. The fraction of sp³-hybridized carbons (Fsp3) is 0.429. The molecule has 1 heterocycles. The lowest BCUT2D eigenvalue weighted by Gasteiger charge is -2.33. The van der Waals surface area contributed by atoms with Crippen molar-refractivity contribution in [1.29, 1.82) is 0 Å². The molecule has 0 radical (unpaired) electrons. The number of nitrogens with zero attached hydrogens (tertiary/aromatic N) is 3. The van der Waals surface area contributed by atoms with Gasteiger partial charge in [0.25, 0.3) is 0 Å². The molecule has 114 valence electrons. The first-order valence-electron chi connectivity index (χ1n) is 6.83. The van der Waals surface area contributed by atoms with Crippen LogP contribution in [0.4, 0.5) is 5.69 Å². The van der Waals surface area contributed by atoms with E-state index in [0.29, 0.717) is 38.3 Å². The highest BCUT2D eigenvalue weighted by molar-refractivity contribution is 7.89. The first-order valence-corrected chi connectivity index (χ1v) is 8.27. The molecule has 0 aliphatic carbocycles. The van der Waals surface area contributed by atoms with Gasteiger partial charge in [-0.2, -0.15) is 4.31 Å². The molecule has 1 amide bonds. The van der Waals surface area contributed by atoms with Crippen LogP contribution in [-0.2, 0) is 14.8 Å². The number of hydrogen-bond donors (Lipinski definition) is 0. The summed E-state index contributed by atoms with van der Waals surface area (Å²) in [4.78, 5) is 17.3. The molecule has 0 spiro atoms. The zero-order valence-corrected chi connectivity index (χ0v) is 12.8. The summed E-state index contributed by atoms with van der Waals surface area (Å²) < 4.78 is 26.5. The van der Waals surface area contributed by atoms with Crippen molar-refractivity contribution < 1.29 is 13.2 Å². The van der Waals surface area contributed by atoms with E-state index < -0.39 is 10.0 Å². The van der Waals surface area contributed by atoms with Gasteiger partial charge in [0.2, 0.25) is 15.9 Å². The van der Waals surface area contributed by atoms with E-state index in [-0.39, 0.29) is 10.8 Å². The maximum Gasteiger partial charge on any atom is 0.243 e. The van der Waals surface area contributed by atoms with E-state index in [1.807, 2.05) is 0 Å². The molecule has 0 saturated carbocycles. The zero-order chi connectivity index (χ0) is 15.5.